The van der Waals surface area contributed by atoms with Crippen molar-refractivity contribution in [2.45, 2.75) is 38.9 Å². The minimum absolute atomic E-state index is 0.102. The number of esters is 2. The first-order valence-electron chi connectivity index (χ1n) is 5.40. The van der Waals surface area contributed by atoms with Gasteiger partial charge in [0.05, 0.1) is 5.41 Å². The van der Waals surface area contributed by atoms with Gasteiger partial charge >= 0.3 is 11.9 Å². The summed E-state index contributed by atoms with van der Waals surface area (Å²) in [6, 6.07) is 0. The first-order valence-corrected chi connectivity index (χ1v) is 5.40. The lowest BCUT2D eigenvalue weighted by atomic mass is 9.75. The average molecular weight is 210 g/mol. The molecule has 2 aliphatic carbocycles. The second-order valence-electron chi connectivity index (χ2n) is 5.17. The van der Waals surface area contributed by atoms with E-state index in [1.54, 1.807) is 0 Å². The standard InChI is InChI=1S/C11H14O4/c1-5(12)14-8-6-3-7-9(8)15-10(13)11(7,2)4-6/h6-9H,3-4H2,1-2H3. The SMILES string of the molecule is CC(=O)OC1C2CC3C1OC(=O)C3(C)C2. The summed E-state index contributed by atoms with van der Waals surface area (Å²) < 4.78 is 10.6. The van der Waals surface area contributed by atoms with E-state index in [4.69, 9.17) is 9.47 Å². The van der Waals surface area contributed by atoms with Crippen LogP contribution in [0.5, 0.6) is 0 Å². The summed E-state index contributed by atoms with van der Waals surface area (Å²) in [5, 5.41) is 0. The average Bonchev–Trinajstić information content (AvgIpc) is 2.66. The third-order valence-corrected chi connectivity index (χ3v) is 4.26. The summed E-state index contributed by atoms with van der Waals surface area (Å²) in [7, 11) is 0. The lowest BCUT2D eigenvalue weighted by molar-refractivity contribution is -0.159. The Hall–Kier alpha value is -1.06. The topological polar surface area (TPSA) is 52.6 Å². The van der Waals surface area contributed by atoms with E-state index in [0.717, 1.165) is 12.8 Å². The summed E-state index contributed by atoms with van der Waals surface area (Å²) in [5.74, 6) is 0.201. The van der Waals surface area contributed by atoms with Crippen LogP contribution < -0.4 is 0 Å². The van der Waals surface area contributed by atoms with E-state index in [-0.39, 0.29) is 35.5 Å². The molecular weight excluding hydrogens is 196 g/mol. The van der Waals surface area contributed by atoms with E-state index in [2.05, 4.69) is 0 Å². The molecule has 4 heteroatoms. The molecule has 15 heavy (non-hydrogen) atoms. The lowest BCUT2D eigenvalue weighted by Gasteiger charge is -2.28. The van der Waals surface area contributed by atoms with Gasteiger partial charge in [0.25, 0.3) is 0 Å². The summed E-state index contributed by atoms with van der Waals surface area (Å²) in [6.45, 7) is 3.38. The molecule has 0 N–H and O–H groups in total. The van der Waals surface area contributed by atoms with Gasteiger partial charge in [-0.15, -0.1) is 0 Å². The zero-order valence-electron chi connectivity index (χ0n) is 8.86. The number of carbonyl (C=O) groups is 2. The van der Waals surface area contributed by atoms with Gasteiger partial charge in [-0.1, -0.05) is 0 Å². The molecule has 0 aromatic carbocycles. The Bertz CT molecular complexity index is 350. The summed E-state index contributed by atoms with van der Waals surface area (Å²) in [6.07, 6.45) is 1.41. The molecule has 3 rings (SSSR count). The minimum Gasteiger partial charge on any atom is -0.458 e. The van der Waals surface area contributed by atoms with E-state index in [9.17, 15) is 9.59 Å². The predicted octanol–water partition coefficient (Wildman–Crippen LogP) is 0.890. The number of hydrogen-bond donors (Lipinski definition) is 0. The monoisotopic (exact) mass is 210 g/mol. The van der Waals surface area contributed by atoms with Crippen LogP contribution in [0.25, 0.3) is 0 Å². The number of carbonyl (C=O) groups excluding carboxylic acids is 2. The van der Waals surface area contributed by atoms with E-state index < -0.39 is 0 Å². The van der Waals surface area contributed by atoms with E-state index in [0.29, 0.717) is 5.92 Å². The Labute approximate surface area is 87.9 Å². The maximum atomic E-state index is 11.7. The van der Waals surface area contributed by atoms with Crippen LogP contribution in [0.3, 0.4) is 0 Å². The van der Waals surface area contributed by atoms with Crippen LogP contribution in [0.15, 0.2) is 0 Å². The van der Waals surface area contributed by atoms with Gasteiger partial charge in [0.2, 0.25) is 0 Å². The van der Waals surface area contributed by atoms with Crippen molar-refractivity contribution in [3.8, 4) is 0 Å². The van der Waals surface area contributed by atoms with Crippen LogP contribution in [0.2, 0.25) is 0 Å². The number of fused-ring (bicyclic) bond motifs is 1. The highest BCUT2D eigenvalue weighted by molar-refractivity contribution is 5.81. The van der Waals surface area contributed by atoms with Gasteiger partial charge in [-0.2, -0.15) is 0 Å². The molecule has 3 aliphatic rings. The summed E-state index contributed by atoms with van der Waals surface area (Å²) in [5.41, 5.74) is -0.300. The van der Waals surface area contributed by atoms with Crippen LogP contribution in [-0.4, -0.2) is 24.1 Å². The molecule has 0 amide bonds. The fourth-order valence-electron chi connectivity index (χ4n) is 3.61. The normalized spacial score (nSPS) is 50.7. The second-order valence-corrected chi connectivity index (χ2v) is 5.17. The highest BCUT2D eigenvalue weighted by Gasteiger charge is 2.69. The molecule has 0 radical (unpaired) electrons. The molecule has 2 saturated carbocycles. The first kappa shape index (κ1) is 9.19. The van der Waals surface area contributed by atoms with Crippen LogP contribution in [0.1, 0.15) is 26.7 Å². The van der Waals surface area contributed by atoms with Crippen LogP contribution in [0.4, 0.5) is 0 Å². The van der Waals surface area contributed by atoms with E-state index in [1.165, 1.54) is 6.92 Å². The van der Waals surface area contributed by atoms with Gasteiger partial charge in [-0.25, -0.2) is 0 Å². The molecule has 5 unspecified atom stereocenters. The zero-order chi connectivity index (χ0) is 10.8. The van der Waals surface area contributed by atoms with Crippen molar-refractivity contribution in [3.05, 3.63) is 0 Å². The number of hydrogen-bond acceptors (Lipinski definition) is 4. The smallest absolute Gasteiger partial charge is 0.312 e. The Morgan fingerprint density at radius 2 is 2.33 bits per heavy atom. The van der Waals surface area contributed by atoms with Gasteiger partial charge in [-0.05, 0) is 19.8 Å². The Balaban J connectivity index is 1.90. The molecule has 0 aromatic heterocycles. The van der Waals surface area contributed by atoms with Gasteiger partial charge in [0.1, 0.15) is 12.2 Å². The fraction of sp³-hybridized carbons (Fsp3) is 0.818. The Morgan fingerprint density at radius 1 is 1.60 bits per heavy atom. The van der Waals surface area contributed by atoms with E-state index in [1.807, 2.05) is 6.92 Å². The molecule has 4 nitrogen and oxygen atoms in total. The summed E-state index contributed by atoms with van der Waals surface area (Å²) >= 11 is 0. The number of rotatable bonds is 1. The third kappa shape index (κ3) is 0.971. The van der Waals surface area contributed by atoms with Crippen LogP contribution in [-0.2, 0) is 19.1 Å². The molecule has 0 spiro atoms. The molecule has 0 aromatic rings. The first-order chi connectivity index (χ1) is 7.02. The van der Waals surface area contributed by atoms with Crippen molar-refractivity contribution in [1.29, 1.82) is 0 Å². The lowest BCUT2D eigenvalue weighted by Crippen LogP contribution is -2.38. The van der Waals surface area contributed by atoms with Crippen molar-refractivity contribution in [2.24, 2.45) is 17.3 Å². The van der Waals surface area contributed by atoms with Crippen molar-refractivity contribution < 1.29 is 19.1 Å². The molecule has 82 valence electrons. The van der Waals surface area contributed by atoms with Gasteiger partial charge in [0, 0.05) is 18.8 Å². The Morgan fingerprint density at radius 3 is 3.00 bits per heavy atom. The van der Waals surface area contributed by atoms with Crippen molar-refractivity contribution >= 4 is 11.9 Å². The quantitative estimate of drug-likeness (QED) is 0.603. The fourth-order valence-corrected chi connectivity index (χ4v) is 3.61. The maximum absolute atomic E-state index is 11.7. The van der Waals surface area contributed by atoms with E-state index >= 15 is 0 Å². The van der Waals surface area contributed by atoms with Crippen LogP contribution >= 0.6 is 0 Å². The van der Waals surface area contributed by atoms with Gasteiger partial charge < -0.3 is 9.47 Å². The molecule has 1 heterocycles. The van der Waals surface area contributed by atoms with Gasteiger partial charge in [0.15, 0.2) is 0 Å². The van der Waals surface area contributed by atoms with Crippen LogP contribution in [0, 0.1) is 17.3 Å². The second kappa shape index (κ2) is 2.54. The largest absolute Gasteiger partial charge is 0.458 e. The highest BCUT2D eigenvalue weighted by atomic mass is 16.6. The molecule has 1 aliphatic heterocycles. The molecule has 2 bridgehead atoms. The van der Waals surface area contributed by atoms with Gasteiger partial charge in [-0.3, -0.25) is 9.59 Å². The summed E-state index contributed by atoms with van der Waals surface area (Å²) in [4.78, 5) is 22.6. The Kier molecular flexibility index (Phi) is 1.56. The number of ether oxygens (including phenoxy) is 2. The third-order valence-electron chi connectivity index (χ3n) is 4.26. The minimum atomic E-state index is -0.300. The molecule has 1 saturated heterocycles. The maximum Gasteiger partial charge on any atom is 0.312 e. The highest BCUT2D eigenvalue weighted by Crippen LogP contribution is 2.62. The molecule has 3 fully saturated rings. The molecular formula is C11H14O4. The van der Waals surface area contributed by atoms with Crippen molar-refractivity contribution in [2.75, 3.05) is 0 Å². The van der Waals surface area contributed by atoms with Crippen molar-refractivity contribution in [3.63, 3.8) is 0 Å². The predicted molar refractivity (Wildman–Crippen MR) is 49.8 cm³/mol. The zero-order valence-corrected chi connectivity index (χ0v) is 8.86. The van der Waals surface area contributed by atoms with Crippen molar-refractivity contribution in [1.82, 2.24) is 0 Å². The molecule has 5 atom stereocenters.